The Kier molecular flexibility index (Phi) is 3.26. The second kappa shape index (κ2) is 4.67. The average Bonchev–Trinajstić information content (AvgIpc) is 3.06. The molecule has 1 heterocycles. The molecule has 0 amide bonds. The first-order valence-electron chi connectivity index (χ1n) is 6.90. The SMILES string of the molecule is CC(C)c1c(CC2(N)CC2)cc2c(c1Br)OCCO2. The van der Waals surface area contributed by atoms with Crippen molar-refractivity contribution >= 4 is 15.9 Å². The first-order valence-corrected chi connectivity index (χ1v) is 7.69. The minimum atomic E-state index is 0.00679. The fraction of sp³-hybridized carbons (Fsp3) is 0.600. The van der Waals surface area contributed by atoms with Gasteiger partial charge in [-0.15, -0.1) is 0 Å². The number of ether oxygens (including phenoxy) is 2. The van der Waals surface area contributed by atoms with Gasteiger partial charge in [-0.25, -0.2) is 0 Å². The van der Waals surface area contributed by atoms with Crippen molar-refractivity contribution in [2.24, 2.45) is 5.73 Å². The lowest BCUT2D eigenvalue weighted by molar-refractivity contribution is 0.170. The zero-order valence-electron chi connectivity index (χ0n) is 11.5. The molecule has 1 aromatic rings. The minimum absolute atomic E-state index is 0.00679. The van der Waals surface area contributed by atoms with E-state index in [1.807, 2.05) is 0 Å². The lowest BCUT2D eigenvalue weighted by Gasteiger charge is -2.25. The van der Waals surface area contributed by atoms with Crippen LogP contribution in [0.25, 0.3) is 0 Å². The maximum absolute atomic E-state index is 6.29. The van der Waals surface area contributed by atoms with Gasteiger partial charge < -0.3 is 15.2 Å². The summed E-state index contributed by atoms with van der Waals surface area (Å²) >= 11 is 3.70. The molecule has 0 atom stereocenters. The number of hydrogen-bond donors (Lipinski definition) is 1. The molecule has 1 aromatic carbocycles. The molecule has 1 fully saturated rings. The van der Waals surface area contributed by atoms with Gasteiger partial charge in [0.2, 0.25) is 0 Å². The summed E-state index contributed by atoms with van der Waals surface area (Å²) in [5.41, 5.74) is 8.90. The van der Waals surface area contributed by atoms with E-state index < -0.39 is 0 Å². The highest BCUT2D eigenvalue weighted by Crippen LogP contribution is 2.46. The highest BCUT2D eigenvalue weighted by Gasteiger charge is 2.39. The Morgan fingerprint density at radius 1 is 1.32 bits per heavy atom. The van der Waals surface area contributed by atoms with Gasteiger partial charge in [0.1, 0.15) is 13.2 Å². The molecule has 2 aliphatic rings. The zero-order valence-corrected chi connectivity index (χ0v) is 13.0. The summed E-state index contributed by atoms with van der Waals surface area (Å²) in [7, 11) is 0. The van der Waals surface area contributed by atoms with Crippen LogP contribution >= 0.6 is 15.9 Å². The Morgan fingerprint density at radius 3 is 2.63 bits per heavy atom. The van der Waals surface area contributed by atoms with Gasteiger partial charge in [0.15, 0.2) is 11.5 Å². The third-order valence-electron chi connectivity index (χ3n) is 3.91. The molecule has 1 saturated carbocycles. The van der Waals surface area contributed by atoms with Crippen LogP contribution in [0.3, 0.4) is 0 Å². The fourth-order valence-corrected chi connectivity index (χ4v) is 3.72. The van der Waals surface area contributed by atoms with E-state index in [0.717, 1.165) is 35.2 Å². The van der Waals surface area contributed by atoms with Gasteiger partial charge in [0, 0.05) is 5.54 Å². The van der Waals surface area contributed by atoms with Crippen molar-refractivity contribution in [2.75, 3.05) is 13.2 Å². The molecule has 4 heteroatoms. The molecule has 0 saturated heterocycles. The number of halogens is 1. The van der Waals surface area contributed by atoms with E-state index in [9.17, 15) is 0 Å². The molecule has 0 unspecified atom stereocenters. The first-order chi connectivity index (χ1) is 9.00. The predicted octanol–water partition coefficient (Wildman–Crippen LogP) is 3.38. The lowest BCUT2D eigenvalue weighted by Crippen LogP contribution is -2.26. The molecule has 3 rings (SSSR count). The molecule has 0 radical (unpaired) electrons. The van der Waals surface area contributed by atoms with Gasteiger partial charge in [-0.3, -0.25) is 0 Å². The van der Waals surface area contributed by atoms with E-state index >= 15 is 0 Å². The molecule has 1 aliphatic heterocycles. The van der Waals surface area contributed by atoms with Crippen LogP contribution < -0.4 is 15.2 Å². The molecule has 1 aliphatic carbocycles. The Morgan fingerprint density at radius 2 is 2.00 bits per heavy atom. The third kappa shape index (κ3) is 2.48. The highest BCUT2D eigenvalue weighted by molar-refractivity contribution is 9.10. The fourth-order valence-electron chi connectivity index (χ4n) is 2.70. The van der Waals surface area contributed by atoms with E-state index in [0.29, 0.717) is 19.1 Å². The van der Waals surface area contributed by atoms with Gasteiger partial charge in [-0.2, -0.15) is 0 Å². The lowest BCUT2D eigenvalue weighted by atomic mass is 9.91. The van der Waals surface area contributed by atoms with Crippen molar-refractivity contribution in [3.63, 3.8) is 0 Å². The zero-order chi connectivity index (χ0) is 13.6. The molecule has 0 bridgehead atoms. The summed E-state index contributed by atoms with van der Waals surface area (Å²) < 4.78 is 12.5. The third-order valence-corrected chi connectivity index (χ3v) is 4.70. The number of hydrogen-bond acceptors (Lipinski definition) is 3. The Bertz CT molecular complexity index is 509. The largest absolute Gasteiger partial charge is 0.486 e. The second-order valence-electron chi connectivity index (χ2n) is 5.98. The molecule has 104 valence electrons. The summed E-state index contributed by atoms with van der Waals surface area (Å²) in [6.07, 6.45) is 3.17. The normalized spacial score (nSPS) is 19.6. The molecule has 19 heavy (non-hydrogen) atoms. The average molecular weight is 326 g/mol. The quantitative estimate of drug-likeness (QED) is 0.926. The Balaban J connectivity index is 2.07. The van der Waals surface area contributed by atoms with Gasteiger partial charge in [0.25, 0.3) is 0 Å². The van der Waals surface area contributed by atoms with Crippen LogP contribution in [0.15, 0.2) is 10.5 Å². The van der Waals surface area contributed by atoms with E-state index in [-0.39, 0.29) is 5.54 Å². The molecule has 3 nitrogen and oxygen atoms in total. The van der Waals surface area contributed by atoms with Crippen LogP contribution in [0.5, 0.6) is 11.5 Å². The van der Waals surface area contributed by atoms with Crippen molar-refractivity contribution in [1.29, 1.82) is 0 Å². The molecule has 0 aromatic heterocycles. The van der Waals surface area contributed by atoms with E-state index in [2.05, 4.69) is 35.8 Å². The summed E-state index contributed by atoms with van der Waals surface area (Å²) in [6.45, 7) is 5.64. The highest BCUT2D eigenvalue weighted by atomic mass is 79.9. The molecule has 2 N–H and O–H groups in total. The van der Waals surface area contributed by atoms with E-state index in [1.54, 1.807) is 0 Å². The van der Waals surface area contributed by atoms with Gasteiger partial charge >= 0.3 is 0 Å². The minimum Gasteiger partial charge on any atom is -0.486 e. The van der Waals surface area contributed by atoms with Crippen LogP contribution in [0, 0.1) is 0 Å². The van der Waals surface area contributed by atoms with Gasteiger partial charge in [-0.05, 0) is 58.3 Å². The van der Waals surface area contributed by atoms with Crippen LogP contribution in [0.2, 0.25) is 0 Å². The van der Waals surface area contributed by atoms with Crippen LogP contribution in [-0.4, -0.2) is 18.8 Å². The monoisotopic (exact) mass is 325 g/mol. The predicted molar refractivity (Wildman–Crippen MR) is 79.1 cm³/mol. The van der Waals surface area contributed by atoms with Crippen molar-refractivity contribution in [3.05, 3.63) is 21.7 Å². The Hall–Kier alpha value is -0.740. The smallest absolute Gasteiger partial charge is 0.175 e. The van der Waals surface area contributed by atoms with Crippen molar-refractivity contribution in [3.8, 4) is 11.5 Å². The maximum atomic E-state index is 6.29. The van der Waals surface area contributed by atoms with Crippen molar-refractivity contribution in [1.82, 2.24) is 0 Å². The standard InChI is InChI=1S/C15H20BrNO2/c1-9(2)12-10(8-15(17)3-4-15)7-11-14(13(12)16)19-6-5-18-11/h7,9H,3-6,8,17H2,1-2H3. The van der Waals surface area contributed by atoms with Crippen molar-refractivity contribution in [2.45, 2.75) is 44.6 Å². The topological polar surface area (TPSA) is 44.5 Å². The number of benzene rings is 1. The second-order valence-corrected chi connectivity index (χ2v) is 6.77. The molecule has 0 spiro atoms. The number of rotatable bonds is 3. The molecular formula is C15H20BrNO2. The van der Waals surface area contributed by atoms with Crippen molar-refractivity contribution < 1.29 is 9.47 Å². The van der Waals surface area contributed by atoms with Gasteiger partial charge in [0.05, 0.1) is 4.47 Å². The van der Waals surface area contributed by atoms with Crippen LogP contribution in [-0.2, 0) is 6.42 Å². The van der Waals surface area contributed by atoms with E-state index in [4.69, 9.17) is 15.2 Å². The molecular weight excluding hydrogens is 306 g/mol. The first kappa shape index (κ1) is 13.3. The summed E-state index contributed by atoms with van der Waals surface area (Å²) in [6, 6.07) is 2.13. The number of fused-ring (bicyclic) bond motifs is 1. The summed E-state index contributed by atoms with van der Waals surface area (Å²) in [5.74, 6) is 2.13. The summed E-state index contributed by atoms with van der Waals surface area (Å²) in [5, 5.41) is 0. The maximum Gasteiger partial charge on any atom is 0.175 e. The Labute approximate surface area is 122 Å². The van der Waals surface area contributed by atoms with Gasteiger partial charge in [-0.1, -0.05) is 13.8 Å². The summed E-state index contributed by atoms with van der Waals surface area (Å²) in [4.78, 5) is 0. The van der Waals surface area contributed by atoms with Crippen LogP contribution in [0.1, 0.15) is 43.7 Å². The van der Waals surface area contributed by atoms with E-state index in [1.165, 1.54) is 11.1 Å². The van der Waals surface area contributed by atoms with Crippen LogP contribution in [0.4, 0.5) is 0 Å². The number of nitrogens with two attached hydrogens (primary N) is 1.